The van der Waals surface area contributed by atoms with Crippen LogP contribution in [0.2, 0.25) is 0 Å². The van der Waals surface area contributed by atoms with E-state index < -0.39 is 0 Å². The molecule has 0 saturated heterocycles. The van der Waals surface area contributed by atoms with Crippen LogP contribution in [0.15, 0.2) is 66.3 Å². The summed E-state index contributed by atoms with van der Waals surface area (Å²) in [6, 6.07) is 14.3. The van der Waals surface area contributed by atoms with Crippen molar-refractivity contribution in [3.8, 4) is 16.8 Å². The van der Waals surface area contributed by atoms with Gasteiger partial charge in [0, 0.05) is 23.6 Å². The molecule has 1 heterocycles. The highest BCUT2D eigenvalue weighted by atomic mass is 15.5. The maximum Gasteiger partial charge on any atom is 0.152 e. The van der Waals surface area contributed by atoms with Crippen LogP contribution in [0.25, 0.3) is 16.8 Å². The summed E-state index contributed by atoms with van der Waals surface area (Å²) in [7, 11) is 0. The molecule has 23 heavy (non-hydrogen) atoms. The van der Waals surface area contributed by atoms with E-state index in [2.05, 4.69) is 39.9 Å². The first-order chi connectivity index (χ1) is 11.2. The monoisotopic (exact) mass is 306 g/mol. The van der Waals surface area contributed by atoms with Crippen LogP contribution in [0.5, 0.6) is 0 Å². The first kappa shape index (κ1) is 14.8. The summed E-state index contributed by atoms with van der Waals surface area (Å²) < 4.78 is 1.97. The number of nitrogens with zero attached hydrogens (tertiary/aromatic N) is 3. The largest absolute Gasteiger partial charge is 0.382 e. The fourth-order valence-corrected chi connectivity index (χ4v) is 2.51. The molecule has 5 N–H and O–H groups in total. The lowest BCUT2D eigenvalue weighted by Crippen LogP contribution is -2.23. The van der Waals surface area contributed by atoms with Crippen molar-refractivity contribution in [2.75, 3.05) is 0 Å². The molecule has 0 spiro atoms. The average Bonchev–Trinajstić information content (AvgIpc) is 3.10. The van der Waals surface area contributed by atoms with Gasteiger partial charge >= 0.3 is 0 Å². The minimum Gasteiger partial charge on any atom is -0.382 e. The molecule has 0 atom stereocenters. The van der Waals surface area contributed by atoms with Gasteiger partial charge in [-0.3, -0.25) is 0 Å². The van der Waals surface area contributed by atoms with Gasteiger partial charge in [-0.1, -0.05) is 24.3 Å². The van der Waals surface area contributed by atoms with Crippen molar-refractivity contribution >= 4 is 5.84 Å². The van der Waals surface area contributed by atoms with Crippen molar-refractivity contribution in [3.63, 3.8) is 0 Å². The minimum atomic E-state index is 0.359. The molecule has 0 amide bonds. The Morgan fingerprint density at radius 3 is 2.57 bits per heavy atom. The van der Waals surface area contributed by atoms with Gasteiger partial charge in [0.1, 0.15) is 0 Å². The second-order valence-corrected chi connectivity index (χ2v) is 5.17. The van der Waals surface area contributed by atoms with Gasteiger partial charge in [-0.05, 0) is 41.8 Å². The number of imidazole rings is 1. The van der Waals surface area contributed by atoms with Crippen molar-refractivity contribution in [2.24, 2.45) is 16.7 Å². The van der Waals surface area contributed by atoms with Crippen molar-refractivity contribution < 1.29 is 0 Å². The Hall–Kier alpha value is -3.12. The zero-order valence-electron chi connectivity index (χ0n) is 12.8. The Labute approximate surface area is 134 Å². The van der Waals surface area contributed by atoms with Crippen molar-refractivity contribution in [1.82, 2.24) is 15.1 Å². The summed E-state index contributed by atoms with van der Waals surface area (Å²) in [6.07, 6.45) is 5.46. The molecular formula is C17H18N6. The van der Waals surface area contributed by atoms with E-state index in [-0.39, 0.29) is 0 Å². The van der Waals surface area contributed by atoms with Gasteiger partial charge in [0.2, 0.25) is 0 Å². The standard InChI is InChI=1S/C17H18N6/c1-12-10-14(17(18)21-22-19)4-7-16(12)13-2-5-15(6-3-13)23-9-8-20-11-23/h2-11,22H,19H2,1H3,(H2,18,21). The predicted octanol–water partition coefficient (Wildman–Crippen LogP) is 1.93. The van der Waals surface area contributed by atoms with Gasteiger partial charge in [0.25, 0.3) is 0 Å². The maximum absolute atomic E-state index is 5.84. The van der Waals surface area contributed by atoms with Gasteiger partial charge in [0.15, 0.2) is 5.84 Å². The fraction of sp³-hybridized carbons (Fsp3) is 0.0588. The molecule has 3 aromatic rings. The summed E-state index contributed by atoms with van der Waals surface area (Å²) in [4.78, 5) is 4.06. The molecule has 0 unspecified atom stereocenters. The van der Waals surface area contributed by atoms with E-state index in [0.29, 0.717) is 5.84 Å². The first-order valence-corrected chi connectivity index (χ1v) is 7.17. The summed E-state index contributed by atoms with van der Waals surface area (Å²) in [6.45, 7) is 2.05. The number of rotatable bonds is 4. The Morgan fingerprint density at radius 2 is 1.96 bits per heavy atom. The summed E-state index contributed by atoms with van der Waals surface area (Å²) in [5.74, 6) is 5.52. The van der Waals surface area contributed by atoms with Crippen LogP contribution in [0.1, 0.15) is 11.1 Å². The van der Waals surface area contributed by atoms with Gasteiger partial charge in [-0.25, -0.2) is 16.4 Å². The van der Waals surface area contributed by atoms with E-state index in [0.717, 1.165) is 27.9 Å². The molecule has 0 radical (unpaired) electrons. The number of hydrogen-bond donors (Lipinski definition) is 3. The van der Waals surface area contributed by atoms with Gasteiger partial charge in [0.05, 0.1) is 6.33 Å². The lowest BCUT2D eigenvalue weighted by molar-refractivity contribution is 0.804. The number of hydrazone groups is 1. The topological polar surface area (TPSA) is 94.2 Å². The Bertz CT molecular complexity index is 819. The smallest absolute Gasteiger partial charge is 0.152 e. The van der Waals surface area contributed by atoms with E-state index >= 15 is 0 Å². The SMILES string of the molecule is Cc1cc(/C(N)=N/NN)ccc1-c1ccc(-n2ccnc2)cc1. The van der Waals surface area contributed by atoms with Crippen LogP contribution in [-0.2, 0) is 0 Å². The second kappa shape index (κ2) is 6.33. The highest BCUT2D eigenvalue weighted by Gasteiger charge is 2.06. The molecule has 0 aliphatic heterocycles. The molecule has 0 aliphatic rings. The lowest BCUT2D eigenvalue weighted by Gasteiger charge is -2.10. The molecular weight excluding hydrogens is 288 g/mol. The molecule has 0 aliphatic carbocycles. The Morgan fingerprint density at radius 1 is 1.17 bits per heavy atom. The number of amidine groups is 1. The summed E-state index contributed by atoms with van der Waals surface area (Å²) in [5, 5.41) is 3.79. The molecule has 2 aromatic carbocycles. The van der Waals surface area contributed by atoms with E-state index in [4.69, 9.17) is 11.6 Å². The molecule has 0 saturated carbocycles. The third kappa shape index (κ3) is 3.07. The minimum absolute atomic E-state index is 0.359. The molecule has 1 aromatic heterocycles. The van der Waals surface area contributed by atoms with Gasteiger partial charge < -0.3 is 10.3 Å². The molecule has 116 valence electrons. The molecule has 6 heteroatoms. The highest BCUT2D eigenvalue weighted by molar-refractivity contribution is 5.98. The third-order valence-electron chi connectivity index (χ3n) is 3.69. The van der Waals surface area contributed by atoms with E-state index in [1.165, 1.54) is 0 Å². The number of hydrogen-bond acceptors (Lipinski definition) is 4. The number of hydrazine groups is 1. The van der Waals surface area contributed by atoms with E-state index in [1.807, 2.05) is 35.9 Å². The van der Waals surface area contributed by atoms with Crippen molar-refractivity contribution in [1.29, 1.82) is 0 Å². The van der Waals surface area contributed by atoms with Crippen LogP contribution in [0, 0.1) is 6.92 Å². The van der Waals surface area contributed by atoms with Gasteiger partial charge in [-0.2, -0.15) is 0 Å². The van der Waals surface area contributed by atoms with Crippen LogP contribution in [-0.4, -0.2) is 15.4 Å². The summed E-state index contributed by atoms with van der Waals surface area (Å²) >= 11 is 0. The number of aryl methyl sites for hydroxylation is 1. The van der Waals surface area contributed by atoms with E-state index in [1.54, 1.807) is 12.5 Å². The fourth-order valence-electron chi connectivity index (χ4n) is 2.51. The lowest BCUT2D eigenvalue weighted by atomic mass is 9.98. The number of nitrogens with one attached hydrogen (secondary N) is 1. The van der Waals surface area contributed by atoms with Crippen LogP contribution in [0.3, 0.4) is 0 Å². The zero-order valence-corrected chi connectivity index (χ0v) is 12.8. The molecule has 6 nitrogen and oxygen atoms in total. The van der Waals surface area contributed by atoms with Crippen molar-refractivity contribution in [3.05, 3.63) is 72.3 Å². The Kier molecular flexibility index (Phi) is 4.07. The zero-order chi connectivity index (χ0) is 16.2. The van der Waals surface area contributed by atoms with E-state index in [9.17, 15) is 0 Å². The first-order valence-electron chi connectivity index (χ1n) is 7.17. The quantitative estimate of drug-likeness (QED) is 0.297. The third-order valence-corrected chi connectivity index (χ3v) is 3.69. The number of nitrogens with two attached hydrogens (primary N) is 2. The predicted molar refractivity (Wildman–Crippen MR) is 91.8 cm³/mol. The maximum atomic E-state index is 5.84. The Balaban J connectivity index is 1.91. The van der Waals surface area contributed by atoms with Crippen LogP contribution in [0.4, 0.5) is 0 Å². The average molecular weight is 306 g/mol. The van der Waals surface area contributed by atoms with Crippen LogP contribution >= 0.6 is 0 Å². The van der Waals surface area contributed by atoms with Gasteiger partial charge in [-0.15, -0.1) is 5.10 Å². The molecule has 3 rings (SSSR count). The second-order valence-electron chi connectivity index (χ2n) is 5.17. The number of aromatic nitrogens is 2. The van der Waals surface area contributed by atoms with Crippen LogP contribution < -0.4 is 17.1 Å². The highest BCUT2D eigenvalue weighted by Crippen LogP contribution is 2.25. The normalized spacial score (nSPS) is 11.5. The van der Waals surface area contributed by atoms with Crippen molar-refractivity contribution in [2.45, 2.75) is 6.92 Å². The molecule has 0 fully saturated rings. The number of benzene rings is 2. The molecule has 0 bridgehead atoms. The summed E-state index contributed by atoms with van der Waals surface area (Å²) in [5.41, 5.74) is 13.4.